The van der Waals surface area contributed by atoms with E-state index in [1.54, 1.807) is 0 Å². The Hall–Kier alpha value is -0.930. The molecule has 1 N–H and O–H groups in total. The molecule has 102 valence electrons. The van der Waals surface area contributed by atoms with Gasteiger partial charge in [0, 0.05) is 18.8 Å². The molecule has 1 unspecified atom stereocenters. The van der Waals surface area contributed by atoms with E-state index < -0.39 is 0 Å². The predicted molar refractivity (Wildman–Crippen MR) is 77.6 cm³/mol. The molecule has 3 heteroatoms. The maximum Gasteiger partial charge on any atom is 0.0543 e. The summed E-state index contributed by atoms with van der Waals surface area (Å²) in [5, 5.41) is 3.28. The number of pyridine rings is 1. The summed E-state index contributed by atoms with van der Waals surface area (Å²) in [7, 11) is 2.03. The van der Waals surface area contributed by atoms with Gasteiger partial charge in [0.15, 0.2) is 0 Å². The Morgan fingerprint density at radius 2 is 2.17 bits per heavy atom. The third-order valence-electron chi connectivity index (χ3n) is 3.41. The molecule has 0 saturated heterocycles. The molecular weight excluding hydrogens is 222 g/mol. The summed E-state index contributed by atoms with van der Waals surface area (Å²) in [4.78, 5) is 6.85. The zero-order chi connectivity index (χ0) is 13.2. The van der Waals surface area contributed by atoms with Gasteiger partial charge in [0.05, 0.1) is 5.69 Å². The van der Waals surface area contributed by atoms with E-state index >= 15 is 0 Å². The first kappa shape index (κ1) is 15.1. The average Bonchev–Trinajstić information content (AvgIpc) is 2.43. The Morgan fingerprint density at radius 3 is 2.78 bits per heavy atom. The van der Waals surface area contributed by atoms with E-state index in [2.05, 4.69) is 41.2 Å². The number of nitrogens with zero attached hydrogens (tertiary/aromatic N) is 2. The minimum atomic E-state index is 0.635. The molecule has 1 aromatic heterocycles. The number of hydrogen-bond acceptors (Lipinski definition) is 3. The van der Waals surface area contributed by atoms with Gasteiger partial charge in [-0.25, -0.2) is 0 Å². The van der Waals surface area contributed by atoms with E-state index in [-0.39, 0.29) is 0 Å². The summed E-state index contributed by atoms with van der Waals surface area (Å²) in [5.41, 5.74) is 1.17. The predicted octanol–water partition coefficient (Wildman–Crippen LogP) is 2.68. The molecule has 0 fully saturated rings. The van der Waals surface area contributed by atoms with Gasteiger partial charge in [0.25, 0.3) is 0 Å². The Balaban J connectivity index is 2.22. The fourth-order valence-electron chi connectivity index (χ4n) is 2.00. The molecule has 0 radical (unpaired) electrons. The summed E-state index contributed by atoms with van der Waals surface area (Å²) in [6, 6.07) is 6.77. The lowest BCUT2D eigenvalue weighted by Gasteiger charge is -2.20. The highest BCUT2D eigenvalue weighted by atomic mass is 15.1. The molecule has 0 saturated carbocycles. The van der Waals surface area contributed by atoms with Crippen LogP contribution in [0.5, 0.6) is 0 Å². The SMILES string of the molecule is CCN(CCCCC(C)NC)Cc1ccccn1. The Bertz CT molecular complexity index is 300. The van der Waals surface area contributed by atoms with Gasteiger partial charge in [0.2, 0.25) is 0 Å². The molecule has 0 aromatic carbocycles. The summed E-state index contributed by atoms with van der Waals surface area (Å²) in [5.74, 6) is 0. The van der Waals surface area contributed by atoms with Crippen molar-refractivity contribution < 1.29 is 0 Å². The third kappa shape index (κ3) is 6.12. The van der Waals surface area contributed by atoms with Gasteiger partial charge in [-0.15, -0.1) is 0 Å². The van der Waals surface area contributed by atoms with Crippen LogP contribution in [0, 0.1) is 0 Å². The molecular formula is C15H27N3. The number of unbranched alkanes of at least 4 members (excludes halogenated alkanes) is 1. The molecule has 0 aliphatic heterocycles. The highest BCUT2D eigenvalue weighted by molar-refractivity contribution is 5.03. The first-order valence-electron chi connectivity index (χ1n) is 7.05. The van der Waals surface area contributed by atoms with Crippen molar-refractivity contribution in [2.24, 2.45) is 0 Å². The van der Waals surface area contributed by atoms with E-state index in [0.717, 1.165) is 13.1 Å². The topological polar surface area (TPSA) is 28.2 Å². The lowest BCUT2D eigenvalue weighted by Crippen LogP contribution is -2.25. The van der Waals surface area contributed by atoms with Crippen molar-refractivity contribution in [1.82, 2.24) is 15.2 Å². The second kappa shape index (κ2) is 9.06. The molecule has 1 heterocycles. The maximum atomic E-state index is 4.38. The first-order valence-corrected chi connectivity index (χ1v) is 7.05. The Kier molecular flexibility index (Phi) is 7.62. The van der Waals surface area contributed by atoms with Crippen LogP contribution in [0.1, 0.15) is 38.8 Å². The average molecular weight is 249 g/mol. The second-order valence-corrected chi connectivity index (χ2v) is 4.88. The van der Waals surface area contributed by atoms with E-state index in [9.17, 15) is 0 Å². The largest absolute Gasteiger partial charge is 0.317 e. The molecule has 1 rings (SSSR count). The lowest BCUT2D eigenvalue weighted by molar-refractivity contribution is 0.268. The number of hydrogen-bond donors (Lipinski definition) is 1. The van der Waals surface area contributed by atoms with Crippen molar-refractivity contribution >= 4 is 0 Å². The van der Waals surface area contributed by atoms with Crippen LogP contribution in [-0.4, -0.2) is 36.1 Å². The van der Waals surface area contributed by atoms with Gasteiger partial charge < -0.3 is 5.32 Å². The van der Waals surface area contributed by atoms with Crippen molar-refractivity contribution in [3.8, 4) is 0 Å². The van der Waals surface area contributed by atoms with Crippen LogP contribution >= 0.6 is 0 Å². The van der Waals surface area contributed by atoms with Crippen LogP contribution in [0.25, 0.3) is 0 Å². The number of aromatic nitrogens is 1. The smallest absolute Gasteiger partial charge is 0.0543 e. The lowest BCUT2D eigenvalue weighted by atomic mass is 10.1. The van der Waals surface area contributed by atoms with Crippen molar-refractivity contribution in [1.29, 1.82) is 0 Å². The normalized spacial score (nSPS) is 12.9. The summed E-state index contributed by atoms with van der Waals surface area (Å²) in [6.07, 6.45) is 5.70. The minimum Gasteiger partial charge on any atom is -0.317 e. The fourth-order valence-corrected chi connectivity index (χ4v) is 2.00. The van der Waals surface area contributed by atoms with Gasteiger partial charge >= 0.3 is 0 Å². The molecule has 0 bridgehead atoms. The van der Waals surface area contributed by atoms with Gasteiger partial charge in [-0.05, 0) is 52.0 Å². The zero-order valence-electron chi connectivity index (χ0n) is 12.0. The summed E-state index contributed by atoms with van der Waals surface area (Å²) >= 11 is 0. The van der Waals surface area contributed by atoms with Crippen molar-refractivity contribution in [3.63, 3.8) is 0 Å². The second-order valence-electron chi connectivity index (χ2n) is 4.88. The first-order chi connectivity index (χ1) is 8.76. The van der Waals surface area contributed by atoms with Gasteiger partial charge in [0.1, 0.15) is 0 Å². The van der Waals surface area contributed by atoms with Crippen LogP contribution in [0.4, 0.5) is 0 Å². The molecule has 0 aliphatic rings. The highest BCUT2D eigenvalue weighted by Crippen LogP contribution is 2.05. The number of nitrogens with one attached hydrogen (secondary N) is 1. The third-order valence-corrected chi connectivity index (χ3v) is 3.41. The molecule has 1 atom stereocenters. The van der Waals surface area contributed by atoms with Crippen LogP contribution in [-0.2, 0) is 6.54 Å². The minimum absolute atomic E-state index is 0.635. The van der Waals surface area contributed by atoms with E-state index in [1.807, 2.05) is 19.3 Å². The van der Waals surface area contributed by atoms with Crippen LogP contribution in [0.2, 0.25) is 0 Å². The van der Waals surface area contributed by atoms with Crippen LogP contribution in [0.15, 0.2) is 24.4 Å². The monoisotopic (exact) mass is 249 g/mol. The van der Waals surface area contributed by atoms with E-state index in [4.69, 9.17) is 0 Å². The Morgan fingerprint density at radius 1 is 1.33 bits per heavy atom. The van der Waals surface area contributed by atoms with Crippen molar-refractivity contribution in [2.45, 2.75) is 45.7 Å². The summed E-state index contributed by atoms with van der Waals surface area (Å²) < 4.78 is 0. The quantitative estimate of drug-likeness (QED) is 0.682. The van der Waals surface area contributed by atoms with E-state index in [0.29, 0.717) is 6.04 Å². The van der Waals surface area contributed by atoms with Gasteiger partial charge in [-0.2, -0.15) is 0 Å². The van der Waals surface area contributed by atoms with E-state index in [1.165, 1.54) is 31.5 Å². The molecule has 18 heavy (non-hydrogen) atoms. The molecule has 0 aliphatic carbocycles. The van der Waals surface area contributed by atoms with Crippen LogP contribution < -0.4 is 5.32 Å². The molecule has 0 spiro atoms. The van der Waals surface area contributed by atoms with Gasteiger partial charge in [-0.3, -0.25) is 9.88 Å². The standard InChI is InChI=1S/C15H27N3/c1-4-18(12-8-6-9-14(2)16-3)13-15-10-5-7-11-17-15/h5,7,10-11,14,16H,4,6,8-9,12-13H2,1-3H3. The zero-order valence-corrected chi connectivity index (χ0v) is 12.0. The fraction of sp³-hybridized carbons (Fsp3) is 0.667. The van der Waals surface area contributed by atoms with Crippen LogP contribution in [0.3, 0.4) is 0 Å². The molecule has 1 aromatic rings. The Labute approximate surface area is 112 Å². The van der Waals surface area contributed by atoms with Crippen molar-refractivity contribution in [2.75, 3.05) is 20.1 Å². The molecule has 0 amide bonds. The maximum absolute atomic E-state index is 4.38. The number of rotatable bonds is 9. The molecule has 3 nitrogen and oxygen atoms in total. The highest BCUT2D eigenvalue weighted by Gasteiger charge is 2.04. The van der Waals surface area contributed by atoms with Gasteiger partial charge in [-0.1, -0.05) is 19.4 Å². The summed E-state index contributed by atoms with van der Waals surface area (Å²) in [6.45, 7) is 7.70. The van der Waals surface area contributed by atoms with Crippen molar-refractivity contribution in [3.05, 3.63) is 30.1 Å².